The van der Waals surface area contributed by atoms with Crippen molar-refractivity contribution in [2.75, 3.05) is 13.1 Å². The van der Waals surface area contributed by atoms with Gasteiger partial charge in [-0.2, -0.15) is 0 Å². The molecule has 0 aliphatic rings. The van der Waals surface area contributed by atoms with Crippen LogP contribution in [-0.4, -0.2) is 34.6 Å². The number of hydrogen-bond acceptors (Lipinski definition) is 3. The first-order valence-corrected chi connectivity index (χ1v) is 5.91. The molecule has 100 valence electrons. The van der Waals surface area contributed by atoms with Gasteiger partial charge in [-0.25, -0.2) is 0 Å². The monoisotopic (exact) mass is 253 g/mol. The van der Waals surface area contributed by atoms with Gasteiger partial charge < -0.3 is 20.3 Å². The molecule has 2 amide bonds. The smallest absolute Gasteiger partial charge is 0.309 e. The normalized spacial score (nSPS) is 11.9. The second-order valence-corrected chi connectivity index (χ2v) is 4.03. The zero-order valence-corrected chi connectivity index (χ0v) is 10.6. The standard InChI is InChI=1S/C12H19N3O3/c1-3-6-13-11(17)12(18)14-8-10(16)9-5-4-7-15(9)2/h4-5,7,10,16H,3,6,8H2,1-2H3,(H,13,17)(H,14,18). The lowest BCUT2D eigenvalue weighted by molar-refractivity contribution is -0.139. The van der Waals surface area contributed by atoms with E-state index in [9.17, 15) is 14.7 Å². The molecule has 0 saturated heterocycles. The van der Waals surface area contributed by atoms with Crippen molar-refractivity contribution in [1.82, 2.24) is 15.2 Å². The topological polar surface area (TPSA) is 83.4 Å². The van der Waals surface area contributed by atoms with Gasteiger partial charge >= 0.3 is 11.8 Å². The summed E-state index contributed by atoms with van der Waals surface area (Å²) in [6.45, 7) is 2.38. The van der Waals surface area contributed by atoms with Crippen LogP contribution in [0.3, 0.4) is 0 Å². The van der Waals surface area contributed by atoms with Gasteiger partial charge in [0.15, 0.2) is 0 Å². The average molecular weight is 253 g/mol. The van der Waals surface area contributed by atoms with E-state index in [1.54, 1.807) is 29.9 Å². The van der Waals surface area contributed by atoms with Crippen molar-refractivity contribution in [2.45, 2.75) is 19.4 Å². The van der Waals surface area contributed by atoms with Gasteiger partial charge in [-0.3, -0.25) is 9.59 Å². The summed E-state index contributed by atoms with van der Waals surface area (Å²) in [5, 5.41) is 14.7. The molecule has 0 fully saturated rings. The molecule has 1 aromatic heterocycles. The lowest BCUT2D eigenvalue weighted by Gasteiger charge is -2.12. The Hall–Kier alpha value is -1.82. The first-order chi connectivity index (χ1) is 8.56. The lowest BCUT2D eigenvalue weighted by atomic mass is 10.2. The van der Waals surface area contributed by atoms with Crippen molar-refractivity contribution >= 4 is 11.8 Å². The van der Waals surface area contributed by atoms with Gasteiger partial charge in [0.2, 0.25) is 0 Å². The van der Waals surface area contributed by atoms with E-state index in [4.69, 9.17) is 0 Å². The van der Waals surface area contributed by atoms with Gasteiger partial charge in [0.05, 0.1) is 0 Å². The zero-order valence-electron chi connectivity index (χ0n) is 10.6. The van der Waals surface area contributed by atoms with Crippen LogP contribution >= 0.6 is 0 Å². The zero-order chi connectivity index (χ0) is 13.5. The molecule has 0 aliphatic carbocycles. The SMILES string of the molecule is CCCNC(=O)C(=O)NCC(O)c1cccn1C. The molecule has 18 heavy (non-hydrogen) atoms. The third kappa shape index (κ3) is 3.89. The summed E-state index contributed by atoms with van der Waals surface area (Å²) in [6, 6.07) is 3.56. The van der Waals surface area contributed by atoms with Crippen molar-refractivity contribution in [3.63, 3.8) is 0 Å². The summed E-state index contributed by atoms with van der Waals surface area (Å²) < 4.78 is 1.76. The quantitative estimate of drug-likeness (QED) is 0.630. The Morgan fingerprint density at radius 1 is 1.39 bits per heavy atom. The minimum atomic E-state index is -0.826. The first kappa shape index (κ1) is 14.2. The number of carbonyl (C=O) groups is 2. The maximum absolute atomic E-state index is 11.4. The molecule has 0 spiro atoms. The van der Waals surface area contributed by atoms with E-state index in [2.05, 4.69) is 10.6 Å². The molecule has 0 aliphatic heterocycles. The van der Waals surface area contributed by atoms with Crippen LogP contribution in [0, 0.1) is 0 Å². The highest BCUT2D eigenvalue weighted by molar-refractivity contribution is 6.35. The van der Waals surface area contributed by atoms with Gasteiger partial charge in [0, 0.05) is 32.0 Å². The van der Waals surface area contributed by atoms with E-state index < -0.39 is 17.9 Å². The second kappa shape index (κ2) is 6.80. The van der Waals surface area contributed by atoms with Crippen molar-refractivity contribution < 1.29 is 14.7 Å². The molecule has 1 atom stereocenters. The third-order valence-electron chi connectivity index (χ3n) is 2.52. The highest BCUT2D eigenvalue weighted by Crippen LogP contribution is 2.10. The van der Waals surface area contributed by atoms with Crippen molar-refractivity contribution in [2.24, 2.45) is 7.05 Å². The van der Waals surface area contributed by atoms with Gasteiger partial charge in [0.25, 0.3) is 0 Å². The fourth-order valence-corrected chi connectivity index (χ4v) is 1.51. The number of hydrogen-bond donors (Lipinski definition) is 3. The fourth-order valence-electron chi connectivity index (χ4n) is 1.51. The number of aryl methyl sites for hydroxylation is 1. The molecule has 0 saturated carbocycles. The molecule has 6 nitrogen and oxygen atoms in total. The van der Waals surface area contributed by atoms with Crippen LogP contribution in [0.25, 0.3) is 0 Å². The summed E-state index contributed by atoms with van der Waals surface area (Å²) >= 11 is 0. The molecule has 6 heteroatoms. The minimum absolute atomic E-state index is 0.0102. The van der Waals surface area contributed by atoms with E-state index >= 15 is 0 Å². The van der Waals surface area contributed by atoms with Gasteiger partial charge in [-0.1, -0.05) is 6.92 Å². The number of carbonyl (C=O) groups excluding carboxylic acids is 2. The molecular formula is C12H19N3O3. The van der Waals surface area contributed by atoms with E-state index in [1.807, 2.05) is 6.92 Å². The van der Waals surface area contributed by atoms with Crippen LogP contribution in [0.4, 0.5) is 0 Å². The Kier molecular flexibility index (Phi) is 5.38. The predicted molar refractivity (Wildman–Crippen MR) is 66.7 cm³/mol. The summed E-state index contributed by atoms with van der Waals surface area (Å²) in [7, 11) is 1.80. The van der Waals surface area contributed by atoms with Crippen molar-refractivity contribution in [3.8, 4) is 0 Å². The molecule has 0 bridgehead atoms. The molecule has 0 aromatic carbocycles. The van der Waals surface area contributed by atoms with Crippen LogP contribution in [0.1, 0.15) is 25.1 Å². The van der Waals surface area contributed by atoms with Crippen LogP contribution in [0.2, 0.25) is 0 Å². The molecular weight excluding hydrogens is 234 g/mol. The third-order valence-corrected chi connectivity index (χ3v) is 2.52. The summed E-state index contributed by atoms with van der Waals surface area (Å²) in [4.78, 5) is 22.6. The van der Waals surface area contributed by atoms with Gasteiger partial charge in [-0.05, 0) is 18.6 Å². The molecule has 3 N–H and O–H groups in total. The minimum Gasteiger partial charge on any atom is -0.385 e. The van der Waals surface area contributed by atoms with E-state index in [0.717, 1.165) is 6.42 Å². The van der Waals surface area contributed by atoms with E-state index in [0.29, 0.717) is 12.2 Å². The summed E-state index contributed by atoms with van der Waals surface area (Å²) in [6.07, 6.45) is 1.74. The van der Waals surface area contributed by atoms with E-state index in [1.165, 1.54) is 0 Å². The Labute approximate surface area is 106 Å². The number of nitrogens with zero attached hydrogens (tertiary/aromatic N) is 1. The van der Waals surface area contributed by atoms with Crippen LogP contribution in [-0.2, 0) is 16.6 Å². The Balaban J connectivity index is 2.39. The number of aromatic nitrogens is 1. The summed E-state index contributed by atoms with van der Waals surface area (Å²) in [5.74, 6) is -1.40. The fraction of sp³-hybridized carbons (Fsp3) is 0.500. The molecule has 1 aromatic rings. The van der Waals surface area contributed by atoms with E-state index in [-0.39, 0.29) is 6.54 Å². The van der Waals surface area contributed by atoms with Gasteiger partial charge in [0.1, 0.15) is 6.10 Å². The molecule has 1 unspecified atom stereocenters. The van der Waals surface area contributed by atoms with Gasteiger partial charge in [-0.15, -0.1) is 0 Å². The molecule has 0 radical (unpaired) electrons. The van der Waals surface area contributed by atoms with Crippen LogP contribution in [0.5, 0.6) is 0 Å². The first-order valence-electron chi connectivity index (χ1n) is 5.91. The second-order valence-electron chi connectivity index (χ2n) is 4.03. The highest BCUT2D eigenvalue weighted by atomic mass is 16.3. The number of rotatable bonds is 5. The average Bonchev–Trinajstić information content (AvgIpc) is 2.78. The Morgan fingerprint density at radius 2 is 2.06 bits per heavy atom. The van der Waals surface area contributed by atoms with Crippen molar-refractivity contribution in [1.29, 1.82) is 0 Å². The maximum Gasteiger partial charge on any atom is 0.309 e. The Bertz CT molecular complexity index is 414. The van der Waals surface area contributed by atoms with Crippen LogP contribution in [0.15, 0.2) is 18.3 Å². The number of aliphatic hydroxyl groups is 1. The maximum atomic E-state index is 11.4. The summed E-state index contributed by atoms with van der Waals surface area (Å²) in [5.41, 5.74) is 0.685. The largest absolute Gasteiger partial charge is 0.385 e. The number of nitrogens with one attached hydrogen (secondary N) is 2. The number of aliphatic hydroxyl groups excluding tert-OH is 1. The number of amides is 2. The Morgan fingerprint density at radius 3 is 2.61 bits per heavy atom. The highest BCUT2D eigenvalue weighted by Gasteiger charge is 2.16. The molecule has 1 heterocycles. The van der Waals surface area contributed by atoms with Crippen molar-refractivity contribution in [3.05, 3.63) is 24.0 Å². The molecule has 1 rings (SSSR count). The lowest BCUT2D eigenvalue weighted by Crippen LogP contribution is -2.41. The predicted octanol–water partition coefficient (Wildman–Crippen LogP) is -0.299. The van der Waals surface area contributed by atoms with Crippen LogP contribution < -0.4 is 10.6 Å².